The molecule has 0 aliphatic rings. The predicted molar refractivity (Wildman–Crippen MR) is 43.1 cm³/mol. The first-order valence-electron chi connectivity index (χ1n) is 3.43. The van der Waals surface area contributed by atoms with Crippen LogP contribution in [-0.4, -0.2) is 18.3 Å². The number of alkyl halides is 1. The summed E-state index contributed by atoms with van der Waals surface area (Å²) in [5, 5.41) is 10.9. The largest absolute Gasteiger partial charge is 0.355 e. The Balaban J connectivity index is 3.39. The maximum atomic E-state index is 10.8. The molecule has 0 bridgehead atoms. The third kappa shape index (κ3) is 5.68. The van der Waals surface area contributed by atoms with Gasteiger partial charge in [0.15, 0.2) is 0 Å². The number of nitriles is 1. The SMILES string of the molecule is CC(C#N)CNC(=O)CCCl. The molecule has 0 spiro atoms. The molecule has 3 nitrogen and oxygen atoms in total. The Labute approximate surface area is 71.3 Å². The van der Waals surface area contributed by atoms with Gasteiger partial charge in [-0.05, 0) is 6.92 Å². The van der Waals surface area contributed by atoms with Gasteiger partial charge in [0.2, 0.25) is 5.91 Å². The molecule has 62 valence electrons. The van der Waals surface area contributed by atoms with Gasteiger partial charge in [-0.1, -0.05) is 0 Å². The summed E-state index contributed by atoms with van der Waals surface area (Å²) in [5.74, 6) is 0.101. The Morgan fingerprint density at radius 2 is 2.45 bits per heavy atom. The minimum atomic E-state index is -0.130. The third-order valence-corrected chi connectivity index (χ3v) is 1.34. The van der Waals surface area contributed by atoms with E-state index >= 15 is 0 Å². The molecule has 1 unspecified atom stereocenters. The molecule has 1 N–H and O–H groups in total. The van der Waals surface area contributed by atoms with Gasteiger partial charge >= 0.3 is 0 Å². The van der Waals surface area contributed by atoms with Crippen molar-refractivity contribution in [2.24, 2.45) is 5.92 Å². The summed E-state index contributed by atoms with van der Waals surface area (Å²) < 4.78 is 0. The molecule has 0 heterocycles. The molecule has 4 heteroatoms. The van der Waals surface area contributed by atoms with Crippen molar-refractivity contribution in [3.8, 4) is 6.07 Å². The number of carbonyl (C=O) groups is 1. The number of rotatable bonds is 4. The van der Waals surface area contributed by atoms with Crippen molar-refractivity contribution < 1.29 is 4.79 Å². The van der Waals surface area contributed by atoms with Gasteiger partial charge < -0.3 is 5.32 Å². The fourth-order valence-corrected chi connectivity index (χ4v) is 0.658. The van der Waals surface area contributed by atoms with Crippen molar-refractivity contribution in [2.75, 3.05) is 12.4 Å². The lowest BCUT2D eigenvalue weighted by Gasteiger charge is -2.03. The minimum Gasteiger partial charge on any atom is -0.355 e. The summed E-state index contributed by atoms with van der Waals surface area (Å²) in [5.41, 5.74) is 0. The Bertz CT molecular complexity index is 164. The van der Waals surface area contributed by atoms with Crippen LogP contribution in [0, 0.1) is 17.2 Å². The van der Waals surface area contributed by atoms with E-state index in [1.165, 1.54) is 0 Å². The molecule has 0 aromatic rings. The van der Waals surface area contributed by atoms with Gasteiger partial charge in [-0.15, -0.1) is 11.6 Å². The molecule has 0 radical (unpaired) electrons. The summed E-state index contributed by atoms with van der Waals surface area (Å²) in [6.45, 7) is 2.16. The van der Waals surface area contributed by atoms with Crippen LogP contribution in [0.15, 0.2) is 0 Å². The summed E-state index contributed by atoms with van der Waals surface area (Å²) in [6, 6.07) is 2.01. The second kappa shape index (κ2) is 5.99. The van der Waals surface area contributed by atoms with E-state index in [1.807, 2.05) is 6.07 Å². The Kier molecular flexibility index (Phi) is 5.58. The highest BCUT2D eigenvalue weighted by molar-refractivity contribution is 6.18. The zero-order chi connectivity index (χ0) is 8.69. The van der Waals surface area contributed by atoms with Gasteiger partial charge in [0.25, 0.3) is 0 Å². The molecule has 0 aromatic carbocycles. The zero-order valence-electron chi connectivity index (χ0n) is 6.43. The molecule has 0 fully saturated rings. The van der Waals surface area contributed by atoms with Crippen molar-refractivity contribution in [2.45, 2.75) is 13.3 Å². The highest BCUT2D eigenvalue weighted by Gasteiger charge is 2.02. The van der Waals surface area contributed by atoms with Gasteiger partial charge in [0.1, 0.15) is 0 Å². The van der Waals surface area contributed by atoms with E-state index in [0.29, 0.717) is 18.8 Å². The topological polar surface area (TPSA) is 52.9 Å². The van der Waals surface area contributed by atoms with Gasteiger partial charge in [-0.2, -0.15) is 5.26 Å². The fourth-order valence-electron chi connectivity index (χ4n) is 0.487. The number of nitrogens with one attached hydrogen (secondary N) is 1. The van der Waals surface area contributed by atoms with Crippen LogP contribution in [0.25, 0.3) is 0 Å². The van der Waals surface area contributed by atoms with E-state index in [4.69, 9.17) is 16.9 Å². The van der Waals surface area contributed by atoms with Crippen molar-refractivity contribution in [1.29, 1.82) is 5.26 Å². The summed E-state index contributed by atoms with van der Waals surface area (Å²) >= 11 is 5.32. The number of hydrogen-bond donors (Lipinski definition) is 1. The van der Waals surface area contributed by atoms with Gasteiger partial charge in [-0.3, -0.25) is 4.79 Å². The number of nitrogens with zero attached hydrogens (tertiary/aromatic N) is 1. The number of carbonyl (C=O) groups excluding carboxylic acids is 1. The predicted octanol–water partition coefficient (Wildman–Crippen LogP) is 0.891. The molecule has 0 aliphatic carbocycles. The van der Waals surface area contributed by atoms with Crippen LogP contribution in [0.1, 0.15) is 13.3 Å². The maximum absolute atomic E-state index is 10.8. The van der Waals surface area contributed by atoms with E-state index < -0.39 is 0 Å². The monoisotopic (exact) mass is 174 g/mol. The zero-order valence-corrected chi connectivity index (χ0v) is 7.19. The third-order valence-electron chi connectivity index (χ3n) is 1.15. The average molecular weight is 175 g/mol. The molecule has 0 saturated carbocycles. The molecule has 0 aromatic heterocycles. The quantitative estimate of drug-likeness (QED) is 0.644. The van der Waals surface area contributed by atoms with Crippen LogP contribution in [0.2, 0.25) is 0 Å². The Morgan fingerprint density at radius 3 is 2.91 bits per heavy atom. The van der Waals surface area contributed by atoms with Crippen molar-refractivity contribution in [3.05, 3.63) is 0 Å². The number of amides is 1. The summed E-state index contributed by atoms with van der Waals surface area (Å²) in [4.78, 5) is 10.8. The molecule has 1 amide bonds. The lowest BCUT2D eigenvalue weighted by atomic mass is 10.2. The van der Waals surface area contributed by atoms with E-state index in [1.54, 1.807) is 6.92 Å². The highest BCUT2D eigenvalue weighted by atomic mass is 35.5. The van der Waals surface area contributed by atoms with Crippen LogP contribution in [0.5, 0.6) is 0 Å². The maximum Gasteiger partial charge on any atom is 0.221 e. The summed E-state index contributed by atoms with van der Waals surface area (Å²) in [6.07, 6.45) is 0.319. The van der Waals surface area contributed by atoms with Gasteiger partial charge in [0, 0.05) is 18.8 Å². The first kappa shape index (κ1) is 10.2. The molecular weight excluding hydrogens is 164 g/mol. The van der Waals surface area contributed by atoms with Crippen molar-refractivity contribution in [1.82, 2.24) is 5.32 Å². The molecule has 0 rings (SSSR count). The second-order valence-electron chi connectivity index (χ2n) is 2.27. The van der Waals surface area contributed by atoms with E-state index in [0.717, 1.165) is 0 Å². The van der Waals surface area contributed by atoms with Crippen LogP contribution < -0.4 is 5.32 Å². The Morgan fingerprint density at radius 1 is 1.82 bits per heavy atom. The van der Waals surface area contributed by atoms with Gasteiger partial charge in [0.05, 0.1) is 12.0 Å². The van der Waals surface area contributed by atoms with Crippen LogP contribution in [0.3, 0.4) is 0 Å². The molecule has 1 atom stereocenters. The molecular formula is C7H11ClN2O. The van der Waals surface area contributed by atoms with E-state index in [9.17, 15) is 4.79 Å². The van der Waals surface area contributed by atoms with Crippen molar-refractivity contribution in [3.63, 3.8) is 0 Å². The molecule has 0 aliphatic heterocycles. The lowest BCUT2D eigenvalue weighted by molar-refractivity contribution is -0.120. The first-order valence-corrected chi connectivity index (χ1v) is 3.96. The standard InChI is InChI=1S/C7H11ClN2O/c1-6(4-9)5-10-7(11)2-3-8/h6H,2-3,5H2,1H3,(H,10,11). The lowest BCUT2D eigenvalue weighted by Crippen LogP contribution is -2.27. The van der Waals surface area contributed by atoms with E-state index in [2.05, 4.69) is 5.32 Å². The van der Waals surface area contributed by atoms with E-state index in [-0.39, 0.29) is 11.8 Å². The average Bonchev–Trinajstić information content (AvgIpc) is 2.01. The Hall–Kier alpha value is -0.750. The van der Waals surface area contributed by atoms with Crippen LogP contribution in [0.4, 0.5) is 0 Å². The number of hydrogen-bond acceptors (Lipinski definition) is 2. The smallest absolute Gasteiger partial charge is 0.221 e. The molecule has 11 heavy (non-hydrogen) atoms. The number of halogens is 1. The van der Waals surface area contributed by atoms with Gasteiger partial charge in [-0.25, -0.2) is 0 Å². The van der Waals surface area contributed by atoms with Crippen molar-refractivity contribution >= 4 is 17.5 Å². The van der Waals surface area contributed by atoms with Crippen LogP contribution in [-0.2, 0) is 4.79 Å². The second-order valence-corrected chi connectivity index (χ2v) is 2.65. The first-order chi connectivity index (χ1) is 5.20. The minimum absolute atomic E-state index is 0.0953. The van der Waals surface area contributed by atoms with Crippen LogP contribution >= 0.6 is 11.6 Å². The summed E-state index contributed by atoms with van der Waals surface area (Å²) in [7, 11) is 0. The fraction of sp³-hybridized carbons (Fsp3) is 0.714. The molecule has 0 saturated heterocycles. The normalized spacial score (nSPS) is 11.7. The highest BCUT2D eigenvalue weighted by Crippen LogP contribution is 1.89.